The summed E-state index contributed by atoms with van der Waals surface area (Å²) in [5.41, 5.74) is 0.945. The standard InChI is InChI=1S/C8H8ClNO3/c9-6-13-5-7-1-3-8(4-2-7)10(11)12/h1-4H,5-6H2. The van der Waals surface area contributed by atoms with Crippen LogP contribution in [0, 0.1) is 10.1 Å². The predicted molar refractivity (Wildman–Crippen MR) is 48.6 cm³/mol. The monoisotopic (exact) mass is 201 g/mol. The maximum atomic E-state index is 10.3. The molecule has 0 aliphatic heterocycles. The third kappa shape index (κ3) is 3.01. The fraction of sp³-hybridized carbons (Fsp3) is 0.250. The van der Waals surface area contributed by atoms with Crippen molar-refractivity contribution in [2.24, 2.45) is 0 Å². The number of nitro benzene ring substituents is 1. The summed E-state index contributed by atoms with van der Waals surface area (Å²) in [6.45, 7) is 0.376. The molecule has 0 bridgehead atoms. The number of ether oxygens (including phenoxy) is 1. The molecule has 1 aromatic carbocycles. The minimum Gasteiger partial charge on any atom is -0.361 e. The Balaban J connectivity index is 2.64. The number of halogens is 1. The summed E-state index contributed by atoms with van der Waals surface area (Å²) in [7, 11) is 0. The Bertz CT molecular complexity index is 286. The van der Waals surface area contributed by atoms with Crippen molar-refractivity contribution in [3.8, 4) is 0 Å². The van der Waals surface area contributed by atoms with Crippen LogP contribution in [0.5, 0.6) is 0 Å². The third-order valence-electron chi connectivity index (χ3n) is 1.49. The Morgan fingerprint density at radius 2 is 2.00 bits per heavy atom. The van der Waals surface area contributed by atoms with E-state index in [2.05, 4.69) is 0 Å². The Morgan fingerprint density at radius 1 is 1.38 bits per heavy atom. The number of rotatable bonds is 4. The van der Waals surface area contributed by atoms with Gasteiger partial charge in [-0.2, -0.15) is 0 Å². The number of hydrogen-bond acceptors (Lipinski definition) is 3. The van der Waals surface area contributed by atoms with Gasteiger partial charge in [-0.25, -0.2) is 0 Å². The molecule has 5 heteroatoms. The molecular formula is C8H8ClNO3. The van der Waals surface area contributed by atoms with Crippen molar-refractivity contribution >= 4 is 17.3 Å². The molecule has 0 saturated carbocycles. The van der Waals surface area contributed by atoms with E-state index in [4.69, 9.17) is 16.3 Å². The molecule has 0 heterocycles. The molecule has 0 N–H and O–H groups in total. The largest absolute Gasteiger partial charge is 0.361 e. The van der Waals surface area contributed by atoms with E-state index in [0.29, 0.717) is 6.61 Å². The average Bonchev–Trinajstić information content (AvgIpc) is 2.15. The molecule has 4 nitrogen and oxygen atoms in total. The van der Waals surface area contributed by atoms with E-state index in [9.17, 15) is 10.1 Å². The van der Waals surface area contributed by atoms with Crippen LogP contribution in [0.25, 0.3) is 0 Å². The van der Waals surface area contributed by atoms with Gasteiger partial charge in [0.1, 0.15) is 6.07 Å². The van der Waals surface area contributed by atoms with E-state index in [1.165, 1.54) is 12.1 Å². The lowest BCUT2D eigenvalue weighted by molar-refractivity contribution is -0.384. The van der Waals surface area contributed by atoms with Crippen LogP contribution in [0.4, 0.5) is 5.69 Å². The van der Waals surface area contributed by atoms with E-state index >= 15 is 0 Å². The summed E-state index contributed by atoms with van der Waals surface area (Å²) in [5.74, 6) is 0. The van der Waals surface area contributed by atoms with Crippen molar-refractivity contribution in [2.45, 2.75) is 6.61 Å². The summed E-state index contributed by atoms with van der Waals surface area (Å²) in [4.78, 5) is 9.84. The summed E-state index contributed by atoms with van der Waals surface area (Å²) >= 11 is 5.30. The quantitative estimate of drug-likeness (QED) is 0.427. The third-order valence-corrected chi connectivity index (χ3v) is 1.65. The van der Waals surface area contributed by atoms with Gasteiger partial charge in [-0.3, -0.25) is 10.1 Å². The van der Waals surface area contributed by atoms with Crippen LogP contribution in [-0.2, 0) is 11.3 Å². The van der Waals surface area contributed by atoms with Crippen molar-refractivity contribution in [3.05, 3.63) is 39.9 Å². The van der Waals surface area contributed by atoms with E-state index < -0.39 is 4.92 Å². The fourth-order valence-electron chi connectivity index (χ4n) is 0.870. The van der Waals surface area contributed by atoms with Crippen LogP contribution in [0.15, 0.2) is 24.3 Å². The van der Waals surface area contributed by atoms with Gasteiger partial charge in [0.2, 0.25) is 0 Å². The van der Waals surface area contributed by atoms with Gasteiger partial charge >= 0.3 is 0 Å². The molecule has 0 radical (unpaired) electrons. The van der Waals surface area contributed by atoms with Crippen LogP contribution >= 0.6 is 11.6 Å². The van der Waals surface area contributed by atoms with Crippen LogP contribution in [0.1, 0.15) is 5.56 Å². The molecule has 13 heavy (non-hydrogen) atoms. The second-order valence-corrected chi connectivity index (χ2v) is 2.60. The highest BCUT2D eigenvalue weighted by atomic mass is 35.5. The maximum absolute atomic E-state index is 10.3. The number of alkyl halides is 1. The topological polar surface area (TPSA) is 52.4 Å². The second-order valence-electron chi connectivity index (χ2n) is 2.38. The summed E-state index contributed by atoms with van der Waals surface area (Å²) < 4.78 is 4.92. The lowest BCUT2D eigenvalue weighted by Gasteiger charge is -1.99. The van der Waals surface area contributed by atoms with Gasteiger partial charge in [-0.05, 0) is 17.7 Å². The summed E-state index contributed by atoms with van der Waals surface area (Å²) in [6.07, 6.45) is 0. The van der Waals surface area contributed by atoms with Crippen LogP contribution in [0.2, 0.25) is 0 Å². The molecule has 0 unspecified atom stereocenters. The molecule has 0 amide bonds. The Morgan fingerprint density at radius 3 is 2.46 bits per heavy atom. The van der Waals surface area contributed by atoms with Crippen molar-refractivity contribution in [2.75, 3.05) is 6.07 Å². The molecule has 0 fully saturated rings. The number of nitrogens with zero attached hydrogens (tertiary/aromatic N) is 1. The highest BCUT2D eigenvalue weighted by molar-refractivity contribution is 6.17. The average molecular weight is 202 g/mol. The molecule has 0 atom stereocenters. The molecule has 70 valence electrons. The van der Waals surface area contributed by atoms with E-state index in [0.717, 1.165) is 5.56 Å². The fourth-order valence-corrected chi connectivity index (χ4v) is 0.947. The second kappa shape index (κ2) is 4.79. The molecule has 0 aliphatic carbocycles. The van der Waals surface area contributed by atoms with Gasteiger partial charge in [0.15, 0.2) is 0 Å². The summed E-state index contributed by atoms with van der Waals surface area (Å²) in [5, 5.41) is 10.3. The van der Waals surface area contributed by atoms with Crippen molar-refractivity contribution < 1.29 is 9.66 Å². The van der Waals surface area contributed by atoms with Crippen LogP contribution < -0.4 is 0 Å². The van der Waals surface area contributed by atoms with E-state index in [1.54, 1.807) is 12.1 Å². The normalized spacial score (nSPS) is 9.92. The number of non-ortho nitro benzene ring substituents is 1. The van der Waals surface area contributed by atoms with Gasteiger partial charge in [0.25, 0.3) is 5.69 Å². The molecule has 0 saturated heterocycles. The van der Waals surface area contributed by atoms with Crippen molar-refractivity contribution in [3.63, 3.8) is 0 Å². The predicted octanol–water partition coefficient (Wildman–Crippen LogP) is 2.31. The number of benzene rings is 1. The van der Waals surface area contributed by atoms with Crippen LogP contribution in [0.3, 0.4) is 0 Å². The highest BCUT2D eigenvalue weighted by Crippen LogP contribution is 2.12. The minimum atomic E-state index is -0.438. The molecule has 1 rings (SSSR count). The maximum Gasteiger partial charge on any atom is 0.269 e. The Labute approximate surface area is 80.2 Å². The van der Waals surface area contributed by atoms with Gasteiger partial charge in [0, 0.05) is 12.1 Å². The van der Waals surface area contributed by atoms with E-state index in [-0.39, 0.29) is 11.8 Å². The SMILES string of the molecule is O=[N+]([O-])c1ccc(COCCl)cc1. The Hall–Kier alpha value is -1.13. The zero-order chi connectivity index (χ0) is 9.68. The summed E-state index contributed by atoms with van der Waals surface area (Å²) in [6, 6.07) is 6.28. The Kier molecular flexibility index (Phi) is 3.67. The molecule has 0 aliphatic rings. The van der Waals surface area contributed by atoms with Crippen molar-refractivity contribution in [1.82, 2.24) is 0 Å². The first-order valence-electron chi connectivity index (χ1n) is 3.61. The van der Waals surface area contributed by atoms with Crippen molar-refractivity contribution in [1.29, 1.82) is 0 Å². The molecule has 1 aromatic rings. The number of nitro groups is 1. The number of hydrogen-bond donors (Lipinski definition) is 0. The van der Waals surface area contributed by atoms with E-state index in [1.807, 2.05) is 0 Å². The first kappa shape index (κ1) is 9.95. The minimum absolute atomic E-state index is 0.0784. The molecular weight excluding hydrogens is 194 g/mol. The first-order valence-corrected chi connectivity index (χ1v) is 4.14. The zero-order valence-electron chi connectivity index (χ0n) is 6.77. The highest BCUT2D eigenvalue weighted by Gasteiger charge is 2.03. The molecule has 0 aromatic heterocycles. The zero-order valence-corrected chi connectivity index (χ0v) is 7.53. The smallest absolute Gasteiger partial charge is 0.269 e. The first-order chi connectivity index (χ1) is 6.24. The van der Waals surface area contributed by atoms with Crippen LogP contribution in [-0.4, -0.2) is 11.0 Å². The molecule has 0 spiro atoms. The lowest BCUT2D eigenvalue weighted by atomic mass is 10.2. The van der Waals surface area contributed by atoms with Gasteiger partial charge in [-0.15, -0.1) is 0 Å². The lowest BCUT2D eigenvalue weighted by Crippen LogP contribution is -1.91. The van der Waals surface area contributed by atoms with Gasteiger partial charge in [-0.1, -0.05) is 11.6 Å². The van der Waals surface area contributed by atoms with Gasteiger partial charge in [0.05, 0.1) is 11.5 Å². The van der Waals surface area contributed by atoms with Gasteiger partial charge < -0.3 is 4.74 Å².